The molecular formula is C18H21N5. The summed E-state index contributed by atoms with van der Waals surface area (Å²) in [7, 11) is 0. The van der Waals surface area contributed by atoms with Gasteiger partial charge in [-0.1, -0.05) is 44.2 Å². The summed E-state index contributed by atoms with van der Waals surface area (Å²) in [5.41, 5.74) is 2.38. The Kier molecular flexibility index (Phi) is 3.29. The van der Waals surface area contributed by atoms with Crippen molar-refractivity contribution in [2.24, 2.45) is 5.41 Å². The third-order valence-electron chi connectivity index (χ3n) is 4.53. The van der Waals surface area contributed by atoms with Crippen LogP contribution in [0, 0.1) is 5.41 Å². The van der Waals surface area contributed by atoms with Crippen molar-refractivity contribution in [1.29, 1.82) is 0 Å². The van der Waals surface area contributed by atoms with Crippen molar-refractivity contribution in [3.63, 3.8) is 0 Å². The average Bonchev–Trinajstić information content (AvgIpc) is 3.02. The van der Waals surface area contributed by atoms with Crippen molar-refractivity contribution in [1.82, 2.24) is 19.6 Å². The molecule has 0 bridgehead atoms. The molecule has 3 aromatic rings. The van der Waals surface area contributed by atoms with Crippen molar-refractivity contribution < 1.29 is 0 Å². The molecule has 0 radical (unpaired) electrons. The number of piperidine rings is 1. The van der Waals surface area contributed by atoms with Crippen molar-refractivity contribution >= 4 is 11.6 Å². The first-order valence-corrected chi connectivity index (χ1v) is 8.14. The van der Waals surface area contributed by atoms with Gasteiger partial charge in [-0.15, -0.1) is 0 Å². The maximum absolute atomic E-state index is 4.66. The number of rotatable bonds is 2. The SMILES string of the molecule is CC1(C)CCCN(c2cc(-c3ccccc3)nc3ncnn23)C1. The molecule has 1 aliphatic rings. The van der Waals surface area contributed by atoms with E-state index < -0.39 is 0 Å². The Morgan fingerprint density at radius 2 is 1.96 bits per heavy atom. The smallest absolute Gasteiger partial charge is 0.254 e. The minimum Gasteiger partial charge on any atom is -0.356 e. The molecular weight excluding hydrogens is 286 g/mol. The van der Waals surface area contributed by atoms with Crippen LogP contribution in [-0.4, -0.2) is 32.7 Å². The van der Waals surface area contributed by atoms with Crippen molar-refractivity contribution in [2.45, 2.75) is 26.7 Å². The van der Waals surface area contributed by atoms with Crippen LogP contribution in [0.15, 0.2) is 42.7 Å². The minimum absolute atomic E-state index is 0.321. The summed E-state index contributed by atoms with van der Waals surface area (Å²) in [6.45, 7) is 6.74. The molecule has 4 rings (SSSR count). The molecule has 23 heavy (non-hydrogen) atoms. The molecule has 0 aliphatic carbocycles. The Morgan fingerprint density at radius 1 is 1.13 bits per heavy atom. The molecule has 1 aliphatic heterocycles. The van der Waals surface area contributed by atoms with E-state index >= 15 is 0 Å². The van der Waals surface area contributed by atoms with Gasteiger partial charge in [-0.3, -0.25) is 0 Å². The molecule has 1 saturated heterocycles. The van der Waals surface area contributed by atoms with Crippen LogP contribution in [0.3, 0.4) is 0 Å². The number of benzene rings is 1. The largest absolute Gasteiger partial charge is 0.356 e. The van der Waals surface area contributed by atoms with Crippen LogP contribution in [0.4, 0.5) is 5.82 Å². The highest BCUT2D eigenvalue weighted by Crippen LogP contribution is 2.32. The molecule has 1 aromatic carbocycles. The topological polar surface area (TPSA) is 46.3 Å². The van der Waals surface area contributed by atoms with E-state index in [1.165, 1.54) is 12.8 Å². The normalized spacial score (nSPS) is 17.6. The number of anilines is 1. The molecule has 0 saturated carbocycles. The molecule has 118 valence electrons. The van der Waals surface area contributed by atoms with E-state index in [1.807, 2.05) is 22.7 Å². The lowest BCUT2D eigenvalue weighted by Gasteiger charge is -2.39. The second-order valence-corrected chi connectivity index (χ2v) is 7.03. The average molecular weight is 307 g/mol. The van der Waals surface area contributed by atoms with E-state index in [-0.39, 0.29) is 0 Å². The fourth-order valence-electron chi connectivity index (χ4n) is 3.40. The molecule has 5 nitrogen and oxygen atoms in total. The van der Waals surface area contributed by atoms with E-state index in [9.17, 15) is 0 Å². The van der Waals surface area contributed by atoms with E-state index in [0.29, 0.717) is 11.2 Å². The lowest BCUT2D eigenvalue weighted by Crippen LogP contribution is -2.41. The van der Waals surface area contributed by atoms with E-state index in [1.54, 1.807) is 6.33 Å². The fraction of sp³-hybridized carbons (Fsp3) is 0.389. The molecule has 3 heterocycles. The van der Waals surface area contributed by atoms with Crippen LogP contribution in [0.1, 0.15) is 26.7 Å². The highest BCUT2D eigenvalue weighted by atomic mass is 15.4. The van der Waals surface area contributed by atoms with Crippen molar-refractivity contribution in [3.05, 3.63) is 42.7 Å². The lowest BCUT2D eigenvalue weighted by atomic mass is 9.84. The maximum atomic E-state index is 4.66. The van der Waals surface area contributed by atoms with Gasteiger partial charge in [0.1, 0.15) is 12.1 Å². The first kappa shape index (κ1) is 14.2. The monoisotopic (exact) mass is 307 g/mol. The zero-order valence-electron chi connectivity index (χ0n) is 13.6. The van der Waals surface area contributed by atoms with Crippen molar-refractivity contribution in [3.8, 4) is 11.3 Å². The third-order valence-corrected chi connectivity index (χ3v) is 4.53. The molecule has 0 unspecified atom stereocenters. The summed E-state index contributed by atoms with van der Waals surface area (Å²) < 4.78 is 1.86. The molecule has 2 aromatic heterocycles. The molecule has 0 amide bonds. The second-order valence-electron chi connectivity index (χ2n) is 7.03. The summed E-state index contributed by atoms with van der Waals surface area (Å²) in [6, 6.07) is 12.4. The van der Waals surface area contributed by atoms with Crippen LogP contribution < -0.4 is 4.90 Å². The molecule has 5 heteroatoms. The molecule has 0 N–H and O–H groups in total. The van der Waals surface area contributed by atoms with Gasteiger partial charge >= 0.3 is 0 Å². The van der Waals surface area contributed by atoms with Gasteiger partial charge < -0.3 is 4.90 Å². The summed E-state index contributed by atoms with van der Waals surface area (Å²) >= 11 is 0. The Hall–Kier alpha value is -2.43. The second kappa shape index (κ2) is 5.33. The van der Waals surface area contributed by atoms with E-state index in [0.717, 1.165) is 30.2 Å². The van der Waals surface area contributed by atoms with Crippen LogP contribution in [-0.2, 0) is 0 Å². The summed E-state index contributed by atoms with van der Waals surface area (Å²) in [5.74, 6) is 1.74. The van der Waals surface area contributed by atoms with Gasteiger partial charge in [0.15, 0.2) is 0 Å². The molecule has 0 spiro atoms. The van der Waals surface area contributed by atoms with Crippen LogP contribution >= 0.6 is 0 Å². The molecule has 0 atom stereocenters. The predicted octanol–water partition coefficient (Wildman–Crippen LogP) is 3.42. The van der Waals surface area contributed by atoms with Gasteiger partial charge in [-0.25, -0.2) is 4.98 Å². The third kappa shape index (κ3) is 2.67. The van der Waals surface area contributed by atoms with Gasteiger partial charge in [-0.05, 0) is 18.3 Å². The Labute approximate surface area is 136 Å². The van der Waals surface area contributed by atoms with Crippen LogP contribution in [0.2, 0.25) is 0 Å². The Bertz CT molecular complexity index is 822. The zero-order valence-corrected chi connectivity index (χ0v) is 13.6. The number of nitrogens with zero attached hydrogens (tertiary/aromatic N) is 5. The maximum Gasteiger partial charge on any atom is 0.254 e. The highest BCUT2D eigenvalue weighted by molar-refractivity contribution is 5.65. The Balaban J connectivity index is 1.83. The highest BCUT2D eigenvalue weighted by Gasteiger charge is 2.28. The number of hydrogen-bond donors (Lipinski definition) is 0. The number of hydrogen-bond acceptors (Lipinski definition) is 4. The van der Waals surface area contributed by atoms with Gasteiger partial charge in [0.25, 0.3) is 5.78 Å². The van der Waals surface area contributed by atoms with Gasteiger partial charge in [-0.2, -0.15) is 14.6 Å². The molecule has 1 fully saturated rings. The van der Waals surface area contributed by atoms with E-state index in [4.69, 9.17) is 0 Å². The first-order valence-electron chi connectivity index (χ1n) is 8.14. The van der Waals surface area contributed by atoms with Crippen molar-refractivity contribution in [2.75, 3.05) is 18.0 Å². The van der Waals surface area contributed by atoms with Gasteiger partial charge in [0.2, 0.25) is 0 Å². The number of aromatic nitrogens is 4. The van der Waals surface area contributed by atoms with E-state index in [2.05, 4.69) is 52.0 Å². The standard InChI is InChI=1S/C18H21N5/c1-18(2)9-6-10-22(12-18)16-11-15(14-7-4-3-5-8-14)21-17-19-13-20-23(16)17/h3-5,7-8,11,13H,6,9-10,12H2,1-2H3. The Morgan fingerprint density at radius 3 is 2.74 bits per heavy atom. The fourth-order valence-corrected chi connectivity index (χ4v) is 3.40. The van der Waals surface area contributed by atoms with Crippen LogP contribution in [0.5, 0.6) is 0 Å². The summed E-state index contributed by atoms with van der Waals surface area (Å²) in [4.78, 5) is 11.4. The summed E-state index contributed by atoms with van der Waals surface area (Å²) in [5, 5.41) is 4.38. The van der Waals surface area contributed by atoms with Crippen LogP contribution in [0.25, 0.3) is 17.0 Å². The minimum atomic E-state index is 0.321. The summed E-state index contributed by atoms with van der Waals surface area (Å²) in [6.07, 6.45) is 4.04. The lowest BCUT2D eigenvalue weighted by molar-refractivity contribution is 0.291. The quantitative estimate of drug-likeness (QED) is 0.728. The number of fused-ring (bicyclic) bond motifs is 1. The van der Waals surface area contributed by atoms with Gasteiger partial charge in [0, 0.05) is 24.7 Å². The first-order chi connectivity index (χ1) is 11.1. The predicted molar refractivity (Wildman–Crippen MR) is 91.4 cm³/mol. The zero-order chi connectivity index (χ0) is 15.9. The van der Waals surface area contributed by atoms with Gasteiger partial charge in [0.05, 0.1) is 5.69 Å².